The van der Waals surface area contributed by atoms with Gasteiger partial charge in [0.1, 0.15) is 0 Å². The summed E-state index contributed by atoms with van der Waals surface area (Å²) in [6.45, 7) is 6.47. The molecule has 39 heavy (non-hydrogen) atoms. The van der Waals surface area contributed by atoms with Gasteiger partial charge in [0.2, 0.25) is 0 Å². The molecule has 0 bridgehead atoms. The highest BCUT2D eigenvalue weighted by atomic mass is 32.2. The van der Waals surface area contributed by atoms with Gasteiger partial charge in [-0.25, -0.2) is 0 Å². The number of rotatable bonds is 12. The first kappa shape index (κ1) is 35.1. The van der Waals surface area contributed by atoms with Crippen LogP contribution in [-0.4, -0.2) is 53.4 Å². The second kappa shape index (κ2) is 10.5. The van der Waals surface area contributed by atoms with Crippen molar-refractivity contribution in [3.05, 3.63) is 41.5 Å². The van der Waals surface area contributed by atoms with Gasteiger partial charge in [-0.1, -0.05) is 12.1 Å². The topological polar surface area (TPSA) is 0 Å². The summed E-state index contributed by atoms with van der Waals surface area (Å²) in [4.78, 5) is 0.115. The zero-order valence-electron chi connectivity index (χ0n) is 19.4. The lowest BCUT2D eigenvalue weighted by Gasteiger charge is -2.42. The molecule has 1 rings (SSSR count). The van der Waals surface area contributed by atoms with Crippen LogP contribution in [0.2, 0.25) is 0 Å². The highest BCUT2D eigenvalue weighted by Gasteiger charge is 2.95. The molecule has 0 radical (unpaired) electrons. The quantitative estimate of drug-likeness (QED) is 0.127. The van der Waals surface area contributed by atoms with Crippen molar-refractivity contribution in [3.63, 3.8) is 0 Å². The number of alkyl halides is 17. The minimum Gasteiger partial charge on any atom is -0.200 e. The average Bonchev–Trinajstić information content (AvgIpc) is 2.74. The third-order valence-electron chi connectivity index (χ3n) is 5.39. The van der Waals surface area contributed by atoms with Crippen molar-refractivity contribution < 1.29 is 74.6 Å². The van der Waals surface area contributed by atoms with Crippen molar-refractivity contribution in [2.45, 2.75) is 79.2 Å². The van der Waals surface area contributed by atoms with Gasteiger partial charge in [-0.2, -0.15) is 74.6 Å². The summed E-state index contributed by atoms with van der Waals surface area (Å²) in [5, 5.41) is 0. The molecule has 0 atom stereocenters. The summed E-state index contributed by atoms with van der Waals surface area (Å²) in [5.41, 5.74) is 1.45. The van der Waals surface area contributed by atoms with E-state index < -0.39 is 59.8 Å². The summed E-state index contributed by atoms with van der Waals surface area (Å²) >= 11 is 0.307. The lowest BCUT2D eigenvalue weighted by molar-refractivity contribution is -0.461. The van der Waals surface area contributed by atoms with Gasteiger partial charge < -0.3 is 0 Å². The Bertz CT molecular complexity index is 1040. The van der Waals surface area contributed by atoms with E-state index in [2.05, 4.69) is 6.58 Å². The normalized spacial score (nSPS) is 15.1. The first-order valence-electron chi connectivity index (χ1n) is 10.1. The number of halogens is 17. The van der Waals surface area contributed by atoms with Gasteiger partial charge in [-0.15, -0.1) is 18.3 Å². The van der Waals surface area contributed by atoms with Crippen molar-refractivity contribution in [3.8, 4) is 0 Å². The molecule has 0 saturated carbocycles. The number of allylic oxidation sites excluding steroid dienone is 1. The fourth-order valence-electron chi connectivity index (χ4n) is 3.14. The molecule has 0 aliphatic carbocycles. The van der Waals surface area contributed by atoms with Gasteiger partial charge in [0, 0.05) is 17.1 Å². The number of thioether (sulfide) groups is 1. The molecule has 0 amide bonds. The molecule has 0 nitrogen and oxygen atoms in total. The number of benzene rings is 1. The summed E-state index contributed by atoms with van der Waals surface area (Å²) in [6.07, 6.45) is -8.81. The van der Waals surface area contributed by atoms with Crippen molar-refractivity contribution in [1.29, 1.82) is 0 Å². The maximum Gasteiger partial charge on any atom is 0.460 e. The average molecular weight is 624 g/mol. The Labute approximate surface area is 213 Å². The zero-order chi connectivity index (χ0) is 31.3. The smallest absolute Gasteiger partial charge is 0.200 e. The Kier molecular flexibility index (Phi) is 9.47. The minimum atomic E-state index is -8.62. The summed E-state index contributed by atoms with van der Waals surface area (Å²) < 4.78 is 227. The second-order valence-electron chi connectivity index (χ2n) is 8.30. The van der Waals surface area contributed by atoms with Crippen molar-refractivity contribution >= 4 is 11.8 Å². The van der Waals surface area contributed by atoms with Crippen LogP contribution in [0.15, 0.2) is 29.7 Å². The largest absolute Gasteiger partial charge is 0.460 e. The molecule has 1 aromatic rings. The molecule has 0 heterocycles. The molecule has 0 unspecified atom stereocenters. The number of hydrogen-bond donors (Lipinski definition) is 0. The van der Waals surface area contributed by atoms with Gasteiger partial charge >= 0.3 is 47.6 Å². The molecular weight excluding hydrogens is 607 g/mol. The molecule has 0 aliphatic rings. The zero-order valence-corrected chi connectivity index (χ0v) is 20.2. The molecule has 0 spiro atoms. The highest BCUT2D eigenvalue weighted by molar-refractivity contribution is 7.99. The van der Waals surface area contributed by atoms with E-state index in [0.29, 0.717) is 28.5 Å². The molecule has 0 N–H and O–H groups in total. The third-order valence-corrected chi connectivity index (χ3v) is 6.47. The Balaban J connectivity index is 3.40. The summed E-state index contributed by atoms with van der Waals surface area (Å²) in [7, 11) is 0. The van der Waals surface area contributed by atoms with Crippen LogP contribution in [0.1, 0.15) is 23.1 Å². The van der Waals surface area contributed by atoms with Crippen LogP contribution in [-0.2, 0) is 6.42 Å². The van der Waals surface area contributed by atoms with Gasteiger partial charge in [0.05, 0.1) is 0 Å². The lowest BCUT2D eigenvalue weighted by Crippen LogP contribution is -2.74. The van der Waals surface area contributed by atoms with Crippen LogP contribution in [0.25, 0.3) is 0 Å². The molecule has 0 saturated heterocycles. The third kappa shape index (κ3) is 5.54. The SMILES string of the molecule is C=CCc1c(C)cc(C)cc1SCCC(F)(F)C(F)(F)C(F)(F)C(F)(F)C(F)(F)C(F)(F)C(F)(F)C(F)(F)F. The fraction of sp³-hybridized carbons (Fsp3) is 0.619. The molecular formula is C21H17F17S. The second-order valence-corrected chi connectivity index (χ2v) is 9.44. The molecule has 18 heteroatoms. The maximum absolute atomic E-state index is 14.1. The molecule has 226 valence electrons. The first-order valence-corrected chi connectivity index (χ1v) is 11.1. The number of hydrogen-bond acceptors (Lipinski definition) is 1. The van der Waals surface area contributed by atoms with Crippen LogP contribution >= 0.6 is 11.8 Å². The standard InChI is InChI=1S/C21H17F17S/c1-4-5-12-11(3)8-10(2)9-13(12)39-7-6-14(22,23)15(24,25)16(26,27)17(28,29)18(30,31)19(32,33)20(34,35)21(36,37)38/h4,8-9H,1,5-7H2,2-3H3. The lowest BCUT2D eigenvalue weighted by atomic mass is 9.88. The molecule has 1 aromatic carbocycles. The predicted molar refractivity (Wildman–Crippen MR) is 106 cm³/mol. The van der Waals surface area contributed by atoms with Gasteiger partial charge in [-0.3, -0.25) is 0 Å². The Morgan fingerprint density at radius 3 is 1.46 bits per heavy atom. The van der Waals surface area contributed by atoms with Crippen LogP contribution in [0, 0.1) is 13.8 Å². The van der Waals surface area contributed by atoms with Crippen molar-refractivity contribution in [2.24, 2.45) is 0 Å². The highest BCUT2D eigenvalue weighted by Crippen LogP contribution is 2.64. The summed E-state index contributed by atoms with van der Waals surface area (Å²) in [5.74, 6) is -57.4. The van der Waals surface area contributed by atoms with Gasteiger partial charge in [0.25, 0.3) is 0 Å². The Hall–Kier alpha value is -1.88. The minimum absolute atomic E-state index is 0.0944. The van der Waals surface area contributed by atoms with E-state index in [4.69, 9.17) is 0 Å². The Morgan fingerprint density at radius 1 is 0.641 bits per heavy atom. The van der Waals surface area contributed by atoms with Crippen LogP contribution < -0.4 is 0 Å². The van der Waals surface area contributed by atoms with E-state index in [-0.39, 0.29) is 11.3 Å². The summed E-state index contributed by atoms with van der Waals surface area (Å²) in [6, 6.07) is 2.94. The maximum atomic E-state index is 14.1. The monoisotopic (exact) mass is 624 g/mol. The molecule has 0 fully saturated rings. The van der Waals surface area contributed by atoms with E-state index >= 15 is 0 Å². The predicted octanol–water partition coefficient (Wildman–Crippen LogP) is 9.52. The van der Waals surface area contributed by atoms with Crippen LogP contribution in [0.4, 0.5) is 74.6 Å². The van der Waals surface area contributed by atoms with E-state index in [9.17, 15) is 74.6 Å². The van der Waals surface area contributed by atoms with Crippen molar-refractivity contribution in [2.75, 3.05) is 5.75 Å². The van der Waals surface area contributed by atoms with E-state index in [0.717, 1.165) is 0 Å². The van der Waals surface area contributed by atoms with E-state index in [1.165, 1.54) is 19.1 Å². The van der Waals surface area contributed by atoms with Crippen LogP contribution in [0.5, 0.6) is 0 Å². The fourth-order valence-corrected chi connectivity index (χ4v) is 4.40. The van der Waals surface area contributed by atoms with Crippen LogP contribution in [0.3, 0.4) is 0 Å². The first-order chi connectivity index (χ1) is 17.1. The van der Waals surface area contributed by atoms with E-state index in [1.807, 2.05) is 0 Å². The number of aryl methyl sites for hydroxylation is 2. The molecule has 0 aliphatic heterocycles. The van der Waals surface area contributed by atoms with Crippen molar-refractivity contribution in [1.82, 2.24) is 0 Å². The van der Waals surface area contributed by atoms with Gasteiger partial charge in [0.15, 0.2) is 0 Å². The Morgan fingerprint density at radius 2 is 1.05 bits per heavy atom. The van der Waals surface area contributed by atoms with E-state index in [1.54, 1.807) is 13.0 Å². The van der Waals surface area contributed by atoms with Gasteiger partial charge in [-0.05, 0) is 43.0 Å². The molecule has 0 aromatic heterocycles.